The van der Waals surface area contributed by atoms with E-state index < -0.39 is 0 Å². The molecule has 0 fully saturated rings. The first kappa shape index (κ1) is 8.27. The second-order valence-electron chi connectivity index (χ2n) is 2.54. The van der Waals surface area contributed by atoms with Gasteiger partial charge in [0.2, 0.25) is 0 Å². The molecule has 0 aliphatic heterocycles. The van der Waals surface area contributed by atoms with Crippen LogP contribution >= 0.6 is 11.3 Å². The molecule has 1 heterocycles. The van der Waals surface area contributed by atoms with E-state index in [1.54, 1.807) is 11.3 Å². The smallest absolute Gasteiger partial charge is 0.185 e. The molecule has 0 atom stereocenters. The molecule has 0 spiro atoms. The molecule has 0 aromatic carbocycles. The van der Waals surface area contributed by atoms with E-state index in [9.17, 15) is 0 Å². The van der Waals surface area contributed by atoms with Crippen LogP contribution in [-0.2, 0) is 0 Å². The molecule has 0 unspecified atom stereocenters. The zero-order valence-electron chi connectivity index (χ0n) is 7.09. The van der Waals surface area contributed by atoms with Crippen LogP contribution in [0.25, 0.3) is 6.08 Å². The summed E-state index contributed by atoms with van der Waals surface area (Å²) in [4.78, 5) is 7.52. The summed E-state index contributed by atoms with van der Waals surface area (Å²) in [6.45, 7) is 5.72. The third kappa shape index (κ3) is 1.60. The van der Waals surface area contributed by atoms with Crippen molar-refractivity contribution >= 4 is 22.5 Å². The summed E-state index contributed by atoms with van der Waals surface area (Å²) in [5.41, 5.74) is 1.06. The van der Waals surface area contributed by atoms with Crippen LogP contribution in [0.4, 0.5) is 5.13 Å². The summed E-state index contributed by atoms with van der Waals surface area (Å²) >= 11 is 1.66. The molecule has 0 aliphatic carbocycles. The van der Waals surface area contributed by atoms with E-state index in [-0.39, 0.29) is 0 Å². The van der Waals surface area contributed by atoms with Crippen LogP contribution in [0.15, 0.2) is 6.58 Å². The number of thiazole rings is 1. The summed E-state index contributed by atoms with van der Waals surface area (Å²) in [6, 6.07) is 0. The Morgan fingerprint density at radius 2 is 2.18 bits per heavy atom. The Hall–Kier alpha value is -0.830. The Kier molecular flexibility index (Phi) is 2.29. The summed E-state index contributed by atoms with van der Waals surface area (Å²) in [6.07, 6.45) is 1.85. The van der Waals surface area contributed by atoms with Gasteiger partial charge in [0.25, 0.3) is 0 Å². The average molecular weight is 168 g/mol. The van der Waals surface area contributed by atoms with Gasteiger partial charge in [0.05, 0.1) is 10.6 Å². The van der Waals surface area contributed by atoms with Gasteiger partial charge < -0.3 is 4.90 Å². The molecular weight excluding hydrogens is 156 g/mol. The number of nitrogens with zero attached hydrogens (tertiary/aromatic N) is 2. The van der Waals surface area contributed by atoms with E-state index in [0.29, 0.717) is 0 Å². The second kappa shape index (κ2) is 3.05. The predicted molar refractivity (Wildman–Crippen MR) is 51.3 cm³/mol. The molecular formula is C8H12N2S. The molecule has 60 valence electrons. The maximum atomic E-state index is 4.35. The quantitative estimate of drug-likeness (QED) is 0.672. The number of hydrogen-bond donors (Lipinski definition) is 0. The van der Waals surface area contributed by atoms with Crippen molar-refractivity contribution in [3.8, 4) is 0 Å². The zero-order valence-corrected chi connectivity index (χ0v) is 7.90. The molecule has 0 saturated heterocycles. The molecule has 0 saturated carbocycles. The normalized spacial score (nSPS) is 9.73. The highest BCUT2D eigenvalue weighted by atomic mass is 32.1. The topological polar surface area (TPSA) is 16.1 Å². The Balaban J connectivity index is 3.04. The van der Waals surface area contributed by atoms with Gasteiger partial charge in [-0.25, -0.2) is 4.98 Å². The lowest BCUT2D eigenvalue weighted by molar-refractivity contribution is 1.09. The lowest BCUT2D eigenvalue weighted by atomic mass is 10.4. The number of aromatic nitrogens is 1. The first-order chi connectivity index (χ1) is 5.15. The summed E-state index contributed by atoms with van der Waals surface area (Å²) in [5, 5.41) is 1.04. The number of rotatable bonds is 2. The van der Waals surface area contributed by atoms with Crippen LogP contribution in [0.1, 0.15) is 10.6 Å². The maximum absolute atomic E-state index is 4.35. The molecule has 1 aromatic heterocycles. The third-order valence-electron chi connectivity index (χ3n) is 1.39. The summed E-state index contributed by atoms with van der Waals surface area (Å²) in [5.74, 6) is 0. The SMILES string of the molecule is C=Cc1sc(N(C)C)nc1C. The minimum Gasteiger partial charge on any atom is -0.354 e. The molecule has 1 aromatic rings. The fraction of sp³-hybridized carbons (Fsp3) is 0.375. The van der Waals surface area contributed by atoms with Gasteiger partial charge in [-0.3, -0.25) is 0 Å². The van der Waals surface area contributed by atoms with Crippen molar-refractivity contribution in [1.82, 2.24) is 4.98 Å². The Morgan fingerprint density at radius 3 is 2.45 bits per heavy atom. The van der Waals surface area contributed by atoms with Gasteiger partial charge in [0, 0.05) is 14.1 Å². The van der Waals surface area contributed by atoms with Crippen molar-refractivity contribution in [3.05, 3.63) is 17.2 Å². The van der Waals surface area contributed by atoms with Crippen LogP contribution in [0.3, 0.4) is 0 Å². The molecule has 2 nitrogen and oxygen atoms in total. The van der Waals surface area contributed by atoms with E-state index >= 15 is 0 Å². The fourth-order valence-corrected chi connectivity index (χ4v) is 1.61. The van der Waals surface area contributed by atoms with Gasteiger partial charge in [-0.1, -0.05) is 24.0 Å². The molecule has 0 radical (unpaired) electrons. The van der Waals surface area contributed by atoms with Crippen molar-refractivity contribution < 1.29 is 0 Å². The van der Waals surface area contributed by atoms with Crippen LogP contribution in [0.2, 0.25) is 0 Å². The highest BCUT2D eigenvalue weighted by Gasteiger charge is 2.04. The maximum Gasteiger partial charge on any atom is 0.185 e. The van der Waals surface area contributed by atoms with Crippen LogP contribution in [0.5, 0.6) is 0 Å². The average Bonchev–Trinajstić information content (AvgIpc) is 2.31. The highest BCUT2D eigenvalue weighted by Crippen LogP contribution is 2.24. The first-order valence-electron chi connectivity index (χ1n) is 3.42. The standard InChI is InChI=1S/C8H12N2S/c1-5-7-6(2)9-8(11-7)10(3)4/h5H,1H2,2-4H3. The van der Waals surface area contributed by atoms with Crippen molar-refractivity contribution in [2.24, 2.45) is 0 Å². The predicted octanol–water partition coefficient (Wildman–Crippen LogP) is 2.16. The molecule has 0 bridgehead atoms. The highest BCUT2D eigenvalue weighted by molar-refractivity contribution is 7.16. The van der Waals surface area contributed by atoms with Gasteiger partial charge in [0.1, 0.15) is 0 Å². The minimum absolute atomic E-state index is 1.04. The Labute approximate surface area is 71.2 Å². The first-order valence-corrected chi connectivity index (χ1v) is 4.24. The van der Waals surface area contributed by atoms with Crippen molar-refractivity contribution in [3.63, 3.8) is 0 Å². The van der Waals surface area contributed by atoms with Crippen LogP contribution < -0.4 is 4.90 Å². The summed E-state index contributed by atoms with van der Waals surface area (Å²) < 4.78 is 0. The molecule has 0 N–H and O–H groups in total. The van der Waals surface area contributed by atoms with Gasteiger partial charge in [0.15, 0.2) is 5.13 Å². The minimum atomic E-state index is 1.04. The van der Waals surface area contributed by atoms with Crippen molar-refractivity contribution in [1.29, 1.82) is 0 Å². The number of aryl methyl sites for hydroxylation is 1. The van der Waals surface area contributed by atoms with Crippen LogP contribution in [0, 0.1) is 6.92 Å². The van der Waals surface area contributed by atoms with Gasteiger partial charge >= 0.3 is 0 Å². The van der Waals surface area contributed by atoms with Gasteiger partial charge in [-0.15, -0.1) is 0 Å². The van der Waals surface area contributed by atoms with Crippen LogP contribution in [-0.4, -0.2) is 19.1 Å². The lowest BCUT2D eigenvalue weighted by Gasteiger charge is -2.04. The molecule has 0 aliphatic rings. The summed E-state index contributed by atoms with van der Waals surface area (Å²) in [7, 11) is 3.98. The van der Waals surface area contributed by atoms with E-state index in [2.05, 4.69) is 11.6 Å². The fourth-order valence-electron chi connectivity index (χ4n) is 0.774. The number of anilines is 1. The van der Waals surface area contributed by atoms with E-state index in [1.165, 1.54) is 0 Å². The largest absolute Gasteiger partial charge is 0.354 e. The molecule has 0 amide bonds. The second-order valence-corrected chi connectivity index (χ2v) is 3.55. The molecule has 1 rings (SSSR count). The third-order valence-corrected chi connectivity index (χ3v) is 2.71. The zero-order chi connectivity index (χ0) is 8.43. The molecule has 3 heteroatoms. The Morgan fingerprint density at radius 1 is 1.55 bits per heavy atom. The van der Waals surface area contributed by atoms with E-state index in [0.717, 1.165) is 15.7 Å². The number of hydrogen-bond acceptors (Lipinski definition) is 3. The monoisotopic (exact) mass is 168 g/mol. The van der Waals surface area contributed by atoms with E-state index in [4.69, 9.17) is 0 Å². The van der Waals surface area contributed by atoms with Gasteiger partial charge in [-0.05, 0) is 6.92 Å². The van der Waals surface area contributed by atoms with Crippen molar-refractivity contribution in [2.45, 2.75) is 6.92 Å². The molecule has 11 heavy (non-hydrogen) atoms. The van der Waals surface area contributed by atoms with Gasteiger partial charge in [-0.2, -0.15) is 0 Å². The van der Waals surface area contributed by atoms with E-state index in [1.807, 2.05) is 32.0 Å². The Bertz CT molecular complexity index is 263. The van der Waals surface area contributed by atoms with Crippen molar-refractivity contribution in [2.75, 3.05) is 19.0 Å². The lowest BCUT2D eigenvalue weighted by Crippen LogP contribution is -2.07.